The number of halogens is 1. The zero-order valence-electron chi connectivity index (χ0n) is 9.83. The quantitative estimate of drug-likeness (QED) is 0.940. The molecular weight excluding hydrogens is 298 g/mol. The first-order valence-corrected chi connectivity index (χ1v) is 7.15. The van der Waals surface area contributed by atoms with E-state index in [9.17, 15) is 0 Å². The summed E-state index contributed by atoms with van der Waals surface area (Å²) in [6.07, 6.45) is 1.89. The maximum atomic E-state index is 4.61. The van der Waals surface area contributed by atoms with Gasteiger partial charge in [0, 0.05) is 22.6 Å². The molecule has 0 aromatic carbocycles. The van der Waals surface area contributed by atoms with E-state index in [0.29, 0.717) is 0 Å². The van der Waals surface area contributed by atoms with Gasteiger partial charge in [0.2, 0.25) is 0 Å². The number of hydrogen-bond donors (Lipinski definition) is 1. The molecule has 5 heteroatoms. The summed E-state index contributed by atoms with van der Waals surface area (Å²) in [6, 6.07) is 2.05. The summed E-state index contributed by atoms with van der Waals surface area (Å²) in [5, 5.41) is 5.34. The van der Waals surface area contributed by atoms with Gasteiger partial charge in [-0.05, 0) is 41.0 Å². The molecular formula is C12H14BrN3S. The van der Waals surface area contributed by atoms with E-state index in [0.717, 1.165) is 39.5 Å². The Morgan fingerprint density at radius 3 is 2.94 bits per heavy atom. The van der Waals surface area contributed by atoms with Gasteiger partial charge in [-0.2, -0.15) is 0 Å². The Morgan fingerprint density at radius 1 is 1.47 bits per heavy atom. The Kier molecular flexibility index (Phi) is 4.25. The summed E-state index contributed by atoms with van der Waals surface area (Å²) in [5.74, 6) is 0.805. The Bertz CT molecular complexity index is 510. The molecule has 0 aliphatic heterocycles. The van der Waals surface area contributed by atoms with E-state index >= 15 is 0 Å². The smallest absolute Gasteiger partial charge is 0.169 e. The lowest BCUT2D eigenvalue weighted by molar-refractivity contribution is 0.705. The van der Waals surface area contributed by atoms with Gasteiger partial charge in [0.05, 0.1) is 10.6 Å². The third-order valence-electron chi connectivity index (χ3n) is 2.41. The van der Waals surface area contributed by atoms with E-state index in [1.807, 2.05) is 24.6 Å². The molecule has 1 N–H and O–H groups in total. The molecule has 2 rings (SSSR count). The van der Waals surface area contributed by atoms with Crippen LogP contribution in [0.25, 0.3) is 10.7 Å². The first kappa shape index (κ1) is 12.7. The van der Waals surface area contributed by atoms with E-state index in [2.05, 4.69) is 38.1 Å². The molecule has 0 aliphatic carbocycles. The number of nitrogens with one attached hydrogen (secondary N) is 1. The highest BCUT2D eigenvalue weighted by atomic mass is 79.9. The van der Waals surface area contributed by atoms with Crippen LogP contribution in [0.2, 0.25) is 0 Å². The number of aromatic nitrogens is 2. The molecule has 2 heterocycles. The van der Waals surface area contributed by atoms with Crippen molar-refractivity contribution in [3.05, 3.63) is 33.4 Å². The molecule has 3 nitrogen and oxygen atoms in total. The Morgan fingerprint density at radius 2 is 2.29 bits per heavy atom. The standard InChI is InChI=1S/C12H14BrN3S/c1-3-14-6-10-8(2)5-15-12(16-10)11-4-9(13)7-17-11/h4-5,7,14H,3,6H2,1-2H3. The second kappa shape index (κ2) is 5.71. The SMILES string of the molecule is CCNCc1nc(-c2cc(Br)cs2)ncc1C. The minimum absolute atomic E-state index is 0.796. The number of hydrogen-bond acceptors (Lipinski definition) is 4. The van der Waals surface area contributed by atoms with Gasteiger partial charge < -0.3 is 5.32 Å². The molecule has 90 valence electrons. The van der Waals surface area contributed by atoms with E-state index in [1.54, 1.807) is 11.3 Å². The van der Waals surface area contributed by atoms with Gasteiger partial charge in [-0.25, -0.2) is 9.97 Å². The number of rotatable bonds is 4. The normalized spacial score (nSPS) is 10.8. The topological polar surface area (TPSA) is 37.8 Å². The predicted octanol–water partition coefficient (Wildman–Crippen LogP) is 3.39. The van der Waals surface area contributed by atoms with E-state index in [4.69, 9.17) is 0 Å². The fourth-order valence-corrected chi connectivity index (χ4v) is 2.82. The maximum Gasteiger partial charge on any atom is 0.169 e. The fraction of sp³-hybridized carbons (Fsp3) is 0.333. The lowest BCUT2D eigenvalue weighted by Crippen LogP contribution is -2.14. The first-order valence-electron chi connectivity index (χ1n) is 5.48. The monoisotopic (exact) mass is 311 g/mol. The van der Waals surface area contributed by atoms with Crippen molar-refractivity contribution in [3.63, 3.8) is 0 Å². The Labute approximate surface area is 113 Å². The third kappa shape index (κ3) is 3.12. The fourth-order valence-electron chi connectivity index (χ4n) is 1.45. The van der Waals surface area contributed by atoms with Gasteiger partial charge in [-0.1, -0.05) is 6.92 Å². The van der Waals surface area contributed by atoms with Gasteiger partial charge in [-0.15, -0.1) is 11.3 Å². The molecule has 0 unspecified atom stereocenters. The molecule has 0 radical (unpaired) electrons. The molecule has 0 atom stereocenters. The van der Waals surface area contributed by atoms with Crippen LogP contribution in [0, 0.1) is 6.92 Å². The van der Waals surface area contributed by atoms with Crippen LogP contribution in [0.15, 0.2) is 22.1 Å². The van der Waals surface area contributed by atoms with Crippen molar-refractivity contribution in [2.45, 2.75) is 20.4 Å². The number of thiophene rings is 1. The van der Waals surface area contributed by atoms with E-state index in [-0.39, 0.29) is 0 Å². The van der Waals surface area contributed by atoms with Gasteiger partial charge in [0.15, 0.2) is 5.82 Å². The molecule has 0 aliphatic rings. The second-order valence-electron chi connectivity index (χ2n) is 3.73. The molecule has 0 bridgehead atoms. The van der Waals surface area contributed by atoms with Crippen molar-refractivity contribution in [1.29, 1.82) is 0 Å². The van der Waals surface area contributed by atoms with Crippen LogP contribution in [0.1, 0.15) is 18.2 Å². The molecule has 2 aromatic rings. The molecule has 0 saturated carbocycles. The summed E-state index contributed by atoms with van der Waals surface area (Å²) in [6.45, 7) is 5.88. The van der Waals surface area contributed by atoms with Crippen molar-refractivity contribution in [1.82, 2.24) is 15.3 Å². The van der Waals surface area contributed by atoms with Gasteiger partial charge >= 0.3 is 0 Å². The zero-order valence-corrected chi connectivity index (χ0v) is 12.2. The van der Waals surface area contributed by atoms with E-state index in [1.165, 1.54) is 0 Å². The van der Waals surface area contributed by atoms with Crippen LogP contribution >= 0.6 is 27.3 Å². The van der Waals surface area contributed by atoms with Crippen molar-refractivity contribution in [3.8, 4) is 10.7 Å². The summed E-state index contributed by atoms with van der Waals surface area (Å²) < 4.78 is 1.08. The van der Waals surface area contributed by atoms with Crippen molar-refractivity contribution >= 4 is 27.3 Å². The summed E-state index contributed by atoms with van der Waals surface area (Å²) in [7, 11) is 0. The van der Waals surface area contributed by atoms with Crippen LogP contribution in [-0.2, 0) is 6.54 Å². The van der Waals surface area contributed by atoms with Crippen LogP contribution in [-0.4, -0.2) is 16.5 Å². The molecule has 17 heavy (non-hydrogen) atoms. The highest BCUT2D eigenvalue weighted by molar-refractivity contribution is 9.10. The van der Waals surface area contributed by atoms with E-state index < -0.39 is 0 Å². The summed E-state index contributed by atoms with van der Waals surface area (Å²) >= 11 is 5.10. The third-order valence-corrected chi connectivity index (χ3v) is 4.09. The summed E-state index contributed by atoms with van der Waals surface area (Å²) in [5.41, 5.74) is 2.20. The second-order valence-corrected chi connectivity index (χ2v) is 5.56. The lowest BCUT2D eigenvalue weighted by Gasteiger charge is -2.06. The average molecular weight is 312 g/mol. The van der Waals surface area contributed by atoms with Crippen LogP contribution in [0.3, 0.4) is 0 Å². The molecule has 0 spiro atoms. The largest absolute Gasteiger partial charge is 0.311 e. The molecule has 2 aromatic heterocycles. The highest BCUT2D eigenvalue weighted by Crippen LogP contribution is 2.27. The first-order chi connectivity index (χ1) is 8.20. The van der Waals surface area contributed by atoms with Crippen LogP contribution < -0.4 is 5.32 Å². The van der Waals surface area contributed by atoms with Gasteiger partial charge in [-0.3, -0.25) is 0 Å². The molecule has 0 amide bonds. The molecule has 0 saturated heterocycles. The number of aryl methyl sites for hydroxylation is 1. The van der Waals surface area contributed by atoms with Crippen molar-refractivity contribution in [2.24, 2.45) is 0 Å². The Hall–Kier alpha value is -0.780. The lowest BCUT2D eigenvalue weighted by atomic mass is 10.2. The van der Waals surface area contributed by atoms with Crippen LogP contribution in [0.5, 0.6) is 0 Å². The van der Waals surface area contributed by atoms with Gasteiger partial charge in [0.25, 0.3) is 0 Å². The zero-order chi connectivity index (χ0) is 12.3. The summed E-state index contributed by atoms with van der Waals surface area (Å²) in [4.78, 5) is 10.1. The van der Waals surface area contributed by atoms with Crippen molar-refractivity contribution in [2.75, 3.05) is 6.54 Å². The Balaban J connectivity index is 2.30. The maximum absolute atomic E-state index is 4.61. The number of nitrogens with zero attached hydrogens (tertiary/aromatic N) is 2. The molecule has 0 fully saturated rings. The predicted molar refractivity (Wildman–Crippen MR) is 75.2 cm³/mol. The van der Waals surface area contributed by atoms with Gasteiger partial charge in [0.1, 0.15) is 0 Å². The average Bonchev–Trinajstić information content (AvgIpc) is 2.75. The minimum Gasteiger partial charge on any atom is -0.311 e. The van der Waals surface area contributed by atoms with Crippen molar-refractivity contribution < 1.29 is 0 Å². The van der Waals surface area contributed by atoms with Crippen LogP contribution in [0.4, 0.5) is 0 Å². The highest BCUT2D eigenvalue weighted by Gasteiger charge is 2.07. The minimum atomic E-state index is 0.796.